The second-order valence-electron chi connectivity index (χ2n) is 2.76. The molecule has 3 aromatic rings. The topological polar surface area (TPSA) is 43.1 Å². The summed E-state index contributed by atoms with van der Waals surface area (Å²) in [5.74, 6) is 0.654. The van der Waals surface area contributed by atoms with Gasteiger partial charge in [0, 0.05) is 0 Å². The molecule has 0 radical (unpaired) electrons. The molecule has 0 aliphatic carbocycles. The van der Waals surface area contributed by atoms with Crippen molar-refractivity contribution >= 4 is 16.8 Å². The van der Waals surface area contributed by atoms with Crippen molar-refractivity contribution in [1.82, 2.24) is 19.6 Å². The zero-order chi connectivity index (χ0) is 8.67. The van der Waals surface area contributed by atoms with Gasteiger partial charge in [-0.1, -0.05) is 18.2 Å². The highest BCUT2D eigenvalue weighted by Crippen LogP contribution is 2.11. The molecule has 0 fully saturated rings. The lowest BCUT2D eigenvalue weighted by Crippen LogP contribution is -1.79. The van der Waals surface area contributed by atoms with E-state index in [0.29, 0.717) is 5.78 Å². The molecule has 0 aliphatic heterocycles. The van der Waals surface area contributed by atoms with Gasteiger partial charge in [-0.3, -0.25) is 0 Å². The second-order valence-corrected chi connectivity index (χ2v) is 2.76. The Morgan fingerprint density at radius 3 is 3.00 bits per heavy atom. The van der Waals surface area contributed by atoms with E-state index in [1.54, 1.807) is 4.52 Å². The van der Waals surface area contributed by atoms with Crippen molar-refractivity contribution in [3.8, 4) is 0 Å². The van der Waals surface area contributed by atoms with E-state index in [1.807, 2.05) is 30.3 Å². The number of hydrogen-bond donors (Lipinski definition) is 0. The molecular weight excluding hydrogens is 164 g/mol. The third kappa shape index (κ3) is 0.823. The monoisotopic (exact) mass is 170 g/mol. The number of aromatic nitrogens is 4. The molecule has 0 bridgehead atoms. The first kappa shape index (κ1) is 6.54. The van der Waals surface area contributed by atoms with Crippen molar-refractivity contribution in [2.45, 2.75) is 0 Å². The highest BCUT2D eigenvalue weighted by Gasteiger charge is 2.03. The summed E-state index contributed by atoms with van der Waals surface area (Å²) in [5, 5.41) is 4.08. The maximum atomic E-state index is 4.30. The quantitative estimate of drug-likeness (QED) is 0.510. The highest BCUT2D eigenvalue weighted by molar-refractivity contribution is 5.77. The Morgan fingerprint density at radius 2 is 2.00 bits per heavy atom. The van der Waals surface area contributed by atoms with Crippen LogP contribution in [0, 0.1) is 0 Å². The van der Waals surface area contributed by atoms with Crippen molar-refractivity contribution in [1.29, 1.82) is 0 Å². The van der Waals surface area contributed by atoms with Crippen LogP contribution in [-0.2, 0) is 0 Å². The van der Waals surface area contributed by atoms with Gasteiger partial charge in [0.15, 0.2) is 0 Å². The van der Waals surface area contributed by atoms with Crippen LogP contribution in [0.1, 0.15) is 0 Å². The zero-order valence-corrected chi connectivity index (χ0v) is 6.75. The Hall–Kier alpha value is -1.97. The summed E-state index contributed by atoms with van der Waals surface area (Å²) in [6, 6.07) is 9.81. The second kappa shape index (κ2) is 2.26. The largest absolute Gasteiger partial charge is 0.253 e. The van der Waals surface area contributed by atoms with Crippen molar-refractivity contribution in [3.05, 3.63) is 36.7 Å². The molecule has 4 heteroatoms. The molecule has 0 saturated heterocycles. The van der Waals surface area contributed by atoms with Crippen molar-refractivity contribution in [2.75, 3.05) is 0 Å². The van der Waals surface area contributed by atoms with E-state index in [0.717, 1.165) is 11.0 Å². The first-order chi connectivity index (χ1) is 6.45. The fourth-order valence-electron chi connectivity index (χ4n) is 1.39. The summed E-state index contributed by atoms with van der Waals surface area (Å²) in [6.45, 7) is 0. The summed E-state index contributed by atoms with van der Waals surface area (Å²) in [7, 11) is 0. The minimum Gasteiger partial charge on any atom is -0.209 e. The molecule has 4 nitrogen and oxygen atoms in total. The van der Waals surface area contributed by atoms with Crippen molar-refractivity contribution in [2.24, 2.45) is 0 Å². The minimum absolute atomic E-state index is 0.654. The van der Waals surface area contributed by atoms with E-state index >= 15 is 0 Å². The molecule has 0 amide bonds. The third-order valence-electron chi connectivity index (χ3n) is 1.97. The molecule has 3 rings (SSSR count). The summed E-state index contributed by atoms with van der Waals surface area (Å²) < 4.78 is 1.73. The van der Waals surface area contributed by atoms with E-state index in [4.69, 9.17) is 0 Å². The van der Waals surface area contributed by atoms with Crippen LogP contribution in [0.15, 0.2) is 36.7 Å². The van der Waals surface area contributed by atoms with Gasteiger partial charge in [-0.05, 0) is 12.1 Å². The lowest BCUT2D eigenvalue weighted by atomic mass is 10.4. The van der Waals surface area contributed by atoms with Crippen LogP contribution in [0.2, 0.25) is 0 Å². The fourth-order valence-corrected chi connectivity index (χ4v) is 1.39. The standard InChI is InChI=1S/C9H6N4/c1-2-4-7-8(5-3-1)13-9(12-7)10-6-11-13/h1-6H. The predicted molar refractivity (Wildman–Crippen MR) is 48.3 cm³/mol. The van der Waals surface area contributed by atoms with Gasteiger partial charge >= 0.3 is 0 Å². The van der Waals surface area contributed by atoms with E-state index < -0.39 is 0 Å². The Morgan fingerprint density at radius 1 is 1.08 bits per heavy atom. The maximum absolute atomic E-state index is 4.30. The van der Waals surface area contributed by atoms with E-state index in [-0.39, 0.29) is 0 Å². The summed E-state index contributed by atoms with van der Waals surface area (Å²) in [5.41, 5.74) is 1.90. The van der Waals surface area contributed by atoms with Crippen LogP contribution in [0.3, 0.4) is 0 Å². The number of rotatable bonds is 0. The van der Waals surface area contributed by atoms with Crippen molar-refractivity contribution < 1.29 is 0 Å². The van der Waals surface area contributed by atoms with Gasteiger partial charge in [0.1, 0.15) is 6.33 Å². The maximum Gasteiger partial charge on any atom is 0.253 e. The van der Waals surface area contributed by atoms with Crippen molar-refractivity contribution in [3.63, 3.8) is 0 Å². The SMILES string of the molecule is c1ccc2nc3ncnn3c2cc1. The Kier molecular flexibility index (Phi) is 1.14. The van der Waals surface area contributed by atoms with Crippen LogP contribution in [-0.4, -0.2) is 19.6 Å². The predicted octanol–water partition coefficient (Wildman–Crippen LogP) is 1.28. The molecule has 2 heterocycles. The Labute approximate surface area is 73.9 Å². The van der Waals surface area contributed by atoms with E-state index in [9.17, 15) is 0 Å². The molecule has 13 heavy (non-hydrogen) atoms. The number of nitrogens with zero attached hydrogens (tertiary/aromatic N) is 4. The minimum atomic E-state index is 0.654. The smallest absolute Gasteiger partial charge is 0.209 e. The summed E-state index contributed by atoms with van der Waals surface area (Å²) >= 11 is 0. The van der Waals surface area contributed by atoms with Gasteiger partial charge in [0.2, 0.25) is 0 Å². The van der Waals surface area contributed by atoms with Crippen LogP contribution in [0.5, 0.6) is 0 Å². The van der Waals surface area contributed by atoms with Gasteiger partial charge in [-0.25, -0.2) is 4.98 Å². The number of fused-ring (bicyclic) bond motifs is 3. The Balaban J connectivity index is 2.65. The molecular formula is C9H6N4. The zero-order valence-electron chi connectivity index (χ0n) is 6.75. The molecule has 0 saturated carbocycles. The van der Waals surface area contributed by atoms with E-state index in [2.05, 4.69) is 15.1 Å². The normalized spacial score (nSPS) is 11.1. The molecule has 2 aromatic heterocycles. The van der Waals surface area contributed by atoms with Crippen LogP contribution in [0.25, 0.3) is 16.8 Å². The molecule has 1 aromatic carbocycles. The van der Waals surface area contributed by atoms with Gasteiger partial charge in [0.25, 0.3) is 5.78 Å². The van der Waals surface area contributed by atoms with Gasteiger partial charge in [-0.15, -0.1) is 0 Å². The molecule has 0 unspecified atom stereocenters. The lowest BCUT2D eigenvalue weighted by molar-refractivity contribution is 1.01. The molecule has 0 N–H and O–H groups in total. The average Bonchev–Trinajstić information content (AvgIpc) is 2.61. The van der Waals surface area contributed by atoms with Gasteiger partial charge < -0.3 is 0 Å². The molecule has 0 aliphatic rings. The van der Waals surface area contributed by atoms with Crippen LogP contribution < -0.4 is 0 Å². The fraction of sp³-hybridized carbons (Fsp3) is 0. The first-order valence-corrected chi connectivity index (χ1v) is 4.00. The van der Waals surface area contributed by atoms with Gasteiger partial charge in [0.05, 0.1) is 11.0 Å². The van der Waals surface area contributed by atoms with Gasteiger partial charge in [-0.2, -0.15) is 14.6 Å². The first-order valence-electron chi connectivity index (χ1n) is 4.00. The average molecular weight is 170 g/mol. The highest BCUT2D eigenvalue weighted by atomic mass is 15.3. The summed E-state index contributed by atoms with van der Waals surface area (Å²) in [4.78, 5) is 8.32. The molecule has 62 valence electrons. The number of hydrogen-bond acceptors (Lipinski definition) is 3. The molecule has 0 atom stereocenters. The lowest BCUT2D eigenvalue weighted by Gasteiger charge is -1.79. The number of imidazole rings is 1. The Bertz CT molecular complexity index is 570. The third-order valence-corrected chi connectivity index (χ3v) is 1.97. The molecule has 0 spiro atoms. The summed E-state index contributed by atoms with van der Waals surface area (Å²) in [6.07, 6.45) is 1.51. The van der Waals surface area contributed by atoms with E-state index in [1.165, 1.54) is 6.33 Å². The van der Waals surface area contributed by atoms with Crippen LogP contribution in [0.4, 0.5) is 0 Å². The van der Waals surface area contributed by atoms with Crippen LogP contribution >= 0.6 is 0 Å².